The minimum Gasteiger partial charge on any atom is -0.341 e. The highest BCUT2D eigenvalue weighted by Gasteiger charge is 2.40. The predicted octanol–water partition coefficient (Wildman–Crippen LogP) is 3.43. The molecule has 2 saturated heterocycles. The van der Waals surface area contributed by atoms with Crippen LogP contribution in [-0.4, -0.2) is 47.3 Å². The van der Waals surface area contributed by atoms with Crippen LogP contribution in [0.3, 0.4) is 0 Å². The molecule has 25 heavy (non-hydrogen) atoms. The lowest BCUT2D eigenvalue weighted by molar-refractivity contribution is -0.148. The number of hydrogen-bond donors (Lipinski definition) is 0. The molecule has 0 spiro atoms. The Balaban J connectivity index is 1.61. The third-order valence-electron chi connectivity index (χ3n) is 5.52. The van der Waals surface area contributed by atoms with E-state index in [0.29, 0.717) is 12.5 Å². The normalized spacial score (nSPS) is 22.3. The smallest absolute Gasteiger partial charge is 0.245 e. The summed E-state index contributed by atoms with van der Waals surface area (Å²) in [6, 6.07) is 10.3. The van der Waals surface area contributed by atoms with Crippen molar-refractivity contribution in [3.05, 3.63) is 35.9 Å². The van der Waals surface area contributed by atoms with Gasteiger partial charge in [0.2, 0.25) is 11.8 Å². The molecule has 2 aliphatic rings. The van der Waals surface area contributed by atoms with Crippen LogP contribution in [0.25, 0.3) is 0 Å². The quantitative estimate of drug-likeness (QED) is 0.826. The summed E-state index contributed by atoms with van der Waals surface area (Å²) in [6.45, 7) is 8.10. The summed E-state index contributed by atoms with van der Waals surface area (Å²) in [7, 11) is 0. The molecule has 0 radical (unpaired) electrons. The number of amides is 2. The van der Waals surface area contributed by atoms with Gasteiger partial charge in [0, 0.05) is 25.0 Å². The van der Waals surface area contributed by atoms with Crippen LogP contribution in [-0.2, 0) is 9.59 Å². The lowest BCUT2D eigenvalue weighted by Gasteiger charge is -2.37. The lowest BCUT2D eigenvalue weighted by atomic mass is 9.89. The molecule has 0 aliphatic carbocycles. The van der Waals surface area contributed by atoms with Gasteiger partial charge in [-0.15, -0.1) is 0 Å². The van der Waals surface area contributed by atoms with Crippen LogP contribution in [0.1, 0.15) is 57.9 Å². The minimum atomic E-state index is -0.427. The molecule has 2 amide bonds. The van der Waals surface area contributed by atoms with Crippen molar-refractivity contribution in [3.63, 3.8) is 0 Å². The van der Waals surface area contributed by atoms with Crippen molar-refractivity contribution < 1.29 is 9.59 Å². The van der Waals surface area contributed by atoms with Crippen molar-refractivity contribution in [2.75, 3.05) is 19.6 Å². The number of likely N-dealkylation sites (tertiary alicyclic amines) is 2. The van der Waals surface area contributed by atoms with Crippen molar-refractivity contribution in [2.24, 2.45) is 5.41 Å². The van der Waals surface area contributed by atoms with Crippen LogP contribution < -0.4 is 0 Å². The first-order valence-electron chi connectivity index (χ1n) is 9.53. The van der Waals surface area contributed by atoms with E-state index in [-0.39, 0.29) is 17.9 Å². The van der Waals surface area contributed by atoms with Gasteiger partial charge < -0.3 is 9.80 Å². The topological polar surface area (TPSA) is 40.6 Å². The first-order chi connectivity index (χ1) is 11.9. The van der Waals surface area contributed by atoms with E-state index >= 15 is 0 Å². The molecule has 2 fully saturated rings. The summed E-state index contributed by atoms with van der Waals surface area (Å²) in [5, 5.41) is 0. The van der Waals surface area contributed by atoms with Crippen molar-refractivity contribution in [1.82, 2.24) is 9.80 Å². The standard InChI is InChI=1S/C21H30N2O2/c1-21(2,3)20(25)23-13-7-10-18(23)19(24)22-14-11-17(12-15-22)16-8-5-4-6-9-16/h4-6,8-9,17-18H,7,10-15H2,1-3H3. The van der Waals surface area contributed by atoms with Crippen molar-refractivity contribution in [2.45, 2.75) is 58.4 Å². The number of rotatable bonds is 2. The average Bonchev–Trinajstić information content (AvgIpc) is 3.10. The Bertz CT molecular complexity index is 613. The molecule has 2 heterocycles. The molecule has 136 valence electrons. The molecular weight excluding hydrogens is 312 g/mol. The third kappa shape index (κ3) is 3.88. The lowest BCUT2D eigenvalue weighted by Crippen LogP contribution is -2.52. The van der Waals surface area contributed by atoms with Crippen molar-refractivity contribution >= 4 is 11.8 Å². The van der Waals surface area contributed by atoms with Crippen LogP contribution in [0.2, 0.25) is 0 Å². The molecule has 1 aromatic rings. The maximum absolute atomic E-state index is 13.0. The van der Waals surface area contributed by atoms with E-state index in [1.54, 1.807) is 0 Å². The second-order valence-electron chi connectivity index (χ2n) is 8.42. The van der Waals surface area contributed by atoms with E-state index in [1.807, 2.05) is 36.6 Å². The Hall–Kier alpha value is -1.84. The molecule has 0 saturated carbocycles. The van der Waals surface area contributed by atoms with Crippen LogP contribution in [0.15, 0.2) is 30.3 Å². The van der Waals surface area contributed by atoms with Gasteiger partial charge in [0.15, 0.2) is 0 Å². The first kappa shape index (κ1) is 18.0. The molecule has 2 aliphatic heterocycles. The summed E-state index contributed by atoms with van der Waals surface area (Å²) in [6.07, 6.45) is 3.75. The average molecular weight is 342 g/mol. The number of benzene rings is 1. The van der Waals surface area contributed by atoms with Gasteiger partial charge in [0.05, 0.1) is 0 Å². The van der Waals surface area contributed by atoms with E-state index in [0.717, 1.165) is 38.8 Å². The highest BCUT2D eigenvalue weighted by Crippen LogP contribution is 2.30. The van der Waals surface area contributed by atoms with Crippen molar-refractivity contribution in [3.8, 4) is 0 Å². The van der Waals surface area contributed by atoms with Crippen LogP contribution >= 0.6 is 0 Å². The maximum atomic E-state index is 13.0. The zero-order valence-electron chi connectivity index (χ0n) is 15.7. The molecule has 1 aromatic carbocycles. The molecule has 0 bridgehead atoms. The Morgan fingerprint density at radius 3 is 2.20 bits per heavy atom. The van der Waals surface area contributed by atoms with Gasteiger partial charge >= 0.3 is 0 Å². The largest absolute Gasteiger partial charge is 0.341 e. The molecule has 1 atom stereocenters. The van der Waals surface area contributed by atoms with Gasteiger partial charge in [-0.2, -0.15) is 0 Å². The van der Waals surface area contributed by atoms with Gasteiger partial charge in [-0.3, -0.25) is 9.59 Å². The highest BCUT2D eigenvalue weighted by molar-refractivity contribution is 5.90. The van der Waals surface area contributed by atoms with Crippen molar-refractivity contribution in [1.29, 1.82) is 0 Å². The molecule has 0 aromatic heterocycles. The zero-order chi connectivity index (χ0) is 18.0. The van der Waals surface area contributed by atoms with Crippen LogP contribution in [0.4, 0.5) is 0 Å². The van der Waals surface area contributed by atoms with Gasteiger partial charge in [-0.05, 0) is 37.2 Å². The van der Waals surface area contributed by atoms with E-state index in [4.69, 9.17) is 0 Å². The Morgan fingerprint density at radius 2 is 1.60 bits per heavy atom. The van der Waals surface area contributed by atoms with E-state index in [2.05, 4.69) is 24.3 Å². The highest BCUT2D eigenvalue weighted by atomic mass is 16.2. The van der Waals surface area contributed by atoms with Gasteiger partial charge in [-0.1, -0.05) is 51.1 Å². The Morgan fingerprint density at radius 1 is 0.960 bits per heavy atom. The fraction of sp³-hybridized carbons (Fsp3) is 0.619. The van der Waals surface area contributed by atoms with E-state index in [1.165, 1.54) is 5.56 Å². The molecule has 3 rings (SSSR count). The van der Waals surface area contributed by atoms with Gasteiger partial charge in [-0.25, -0.2) is 0 Å². The first-order valence-corrected chi connectivity index (χ1v) is 9.53. The zero-order valence-corrected chi connectivity index (χ0v) is 15.7. The summed E-state index contributed by atoms with van der Waals surface area (Å²) in [5.41, 5.74) is 0.948. The molecule has 4 nitrogen and oxygen atoms in total. The molecule has 4 heteroatoms. The van der Waals surface area contributed by atoms with Gasteiger partial charge in [0.25, 0.3) is 0 Å². The number of hydrogen-bond acceptors (Lipinski definition) is 2. The second-order valence-corrected chi connectivity index (χ2v) is 8.42. The Kier molecular flexibility index (Phi) is 5.16. The second kappa shape index (κ2) is 7.19. The van der Waals surface area contributed by atoms with Gasteiger partial charge in [0.1, 0.15) is 6.04 Å². The number of carbonyl (C=O) groups is 2. The number of carbonyl (C=O) groups excluding carboxylic acids is 2. The Labute approximate surface area is 151 Å². The van der Waals surface area contributed by atoms with Crippen LogP contribution in [0.5, 0.6) is 0 Å². The van der Waals surface area contributed by atoms with Crippen LogP contribution in [0, 0.1) is 5.41 Å². The number of nitrogens with zero attached hydrogens (tertiary/aromatic N) is 2. The number of piperidine rings is 1. The fourth-order valence-corrected chi connectivity index (χ4v) is 4.07. The third-order valence-corrected chi connectivity index (χ3v) is 5.52. The van der Waals surface area contributed by atoms with E-state index < -0.39 is 5.41 Å². The molecule has 1 unspecified atom stereocenters. The summed E-state index contributed by atoms with van der Waals surface area (Å²) in [5.74, 6) is 0.797. The summed E-state index contributed by atoms with van der Waals surface area (Å²) in [4.78, 5) is 29.5. The summed E-state index contributed by atoms with van der Waals surface area (Å²) < 4.78 is 0. The summed E-state index contributed by atoms with van der Waals surface area (Å²) >= 11 is 0. The maximum Gasteiger partial charge on any atom is 0.245 e. The monoisotopic (exact) mass is 342 g/mol. The SMILES string of the molecule is CC(C)(C)C(=O)N1CCCC1C(=O)N1CCC(c2ccccc2)CC1. The minimum absolute atomic E-state index is 0.0996. The predicted molar refractivity (Wildman–Crippen MR) is 99.2 cm³/mol. The van der Waals surface area contributed by atoms with E-state index in [9.17, 15) is 9.59 Å². The molecular formula is C21H30N2O2. The fourth-order valence-electron chi connectivity index (χ4n) is 4.07. The molecule has 0 N–H and O–H groups in total.